The molecule has 1 rings (SSSR count). The van der Waals surface area contributed by atoms with Crippen LogP contribution in [0.1, 0.15) is 17.3 Å². The molecule has 0 spiro atoms. The van der Waals surface area contributed by atoms with Gasteiger partial charge in [-0.2, -0.15) is 5.10 Å². The number of hydrogen-bond donors (Lipinski definition) is 1. The lowest BCUT2D eigenvalue weighted by Gasteiger charge is -2.23. The van der Waals surface area contributed by atoms with E-state index in [0.717, 1.165) is 17.1 Å². The van der Waals surface area contributed by atoms with Crippen LogP contribution in [0.4, 0.5) is 0 Å². The average molecular weight is 212 g/mol. The molecule has 2 N–H and O–H groups in total. The maximum absolute atomic E-state index is 5.77. The molecule has 1 heterocycles. The van der Waals surface area contributed by atoms with Crippen LogP contribution in [0.15, 0.2) is 0 Å². The molecule has 5 nitrogen and oxygen atoms in total. The second kappa shape index (κ2) is 4.63. The van der Waals surface area contributed by atoms with E-state index in [9.17, 15) is 0 Å². The predicted molar refractivity (Wildman–Crippen MR) is 60.0 cm³/mol. The SMILES string of the molecule is COc1c(C(CN)N(C)C)c(C)nn1C. The molecule has 15 heavy (non-hydrogen) atoms. The first kappa shape index (κ1) is 12.0. The first-order chi connectivity index (χ1) is 7.02. The smallest absolute Gasteiger partial charge is 0.216 e. The molecular weight excluding hydrogens is 192 g/mol. The van der Waals surface area contributed by atoms with E-state index in [4.69, 9.17) is 10.5 Å². The third-order valence-electron chi connectivity index (χ3n) is 2.59. The zero-order valence-electron chi connectivity index (χ0n) is 10.1. The number of likely N-dealkylation sites (N-methyl/N-ethyl adjacent to an activating group) is 1. The standard InChI is InChI=1S/C10H20N4O/c1-7-9(8(6-11)13(2)3)10(15-5)14(4)12-7/h8H,6,11H2,1-5H3. The van der Waals surface area contributed by atoms with E-state index < -0.39 is 0 Å². The van der Waals surface area contributed by atoms with E-state index in [1.54, 1.807) is 11.8 Å². The Balaban J connectivity index is 3.21. The van der Waals surface area contributed by atoms with Gasteiger partial charge in [-0.1, -0.05) is 0 Å². The highest BCUT2D eigenvalue weighted by molar-refractivity contribution is 5.34. The van der Waals surface area contributed by atoms with Crippen molar-refractivity contribution in [1.29, 1.82) is 0 Å². The number of ether oxygens (including phenoxy) is 1. The van der Waals surface area contributed by atoms with Crippen LogP contribution in [-0.4, -0.2) is 42.4 Å². The zero-order valence-corrected chi connectivity index (χ0v) is 10.1. The summed E-state index contributed by atoms with van der Waals surface area (Å²) in [6.45, 7) is 2.53. The summed E-state index contributed by atoms with van der Waals surface area (Å²) in [6, 6.07) is 0.147. The Bertz CT molecular complexity index is 332. The molecule has 0 fully saturated rings. The normalized spacial score (nSPS) is 13.3. The minimum Gasteiger partial charge on any atom is -0.481 e. The average Bonchev–Trinajstić information content (AvgIpc) is 2.42. The highest BCUT2D eigenvalue weighted by Crippen LogP contribution is 2.29. The van der Waals surface area contributed by atoms with Crippen molar-refractivity contribution in [2.24, 2.45) is 12.8 Å². The van der Waals surface area contributed by atoms with Crippen LogP contribution < -0.4 is 10.5 Å². The van der Waals surface area contributed by atoms with E-state index >= 15 is 0 Å². The van der Waals surface area contributed by atoms with E-state index in [-0.39, 0.29) is 6.04 Å². The molecule has 0 bridgehead atoms. The molecule has 0 amide bonds. The molecule has 1 aromatic rings. The molecule has 0 aliphatic carbocycles. The topological polar surface area (TPSA) is 56.3 Å². The van der Waals surface area contributed by atoms with Gasteiger partial charge in [-0.05, 0) is 21.0 Å². The van der Waals surface area contributed by atoms with Crippen LogP contribution in [0.5, 0.6) is 5.88 Å². The molecule has 0 aromatic carbocycles. The molecule has 1 unspecified atom stereocenters. The van der Waals surface area contributed by atoms with Crippen molar-refractivity contribution in [2.75, 3.05) is 27.7 Å². The quantitative estimate of drug-likeness (QED) is 0.780. The van der Waals surface area contributed by atoms with E-state index in [2.05, 4.69) is 10.00 Å². The molecule has 0 saturated carbocycles. The fraction of sp³-hybridized carbons (Fsp3) is 0.700. The Hall–Kier alpha value is -1.07. The second-order valence-electron chi connectivity index (χ2n) is 3.85. The highest BCUT2D eigenvalue weighted by atomic mass is 16.5. The Labute approximate surface area is 90.8 Å². The Morgan fingerprint density at radius 1 is 1.53 bits per heavy atom. The fourth-order valence-electron chi connectivity index (χ4n) is 1.87. The van der Waals surface area contributed by atoms with Crippen LogP contribution in [0.3, 0.4) is 0 Å². The number of aromatic nitrogens is 2. The van der Waals surface area contributed by atoms with Crippen LogP contribution in [0, 0.1) is 6.92 Å². The largest absolute Gasteiger partial charge is 0.481 e. The molecule has 0 aliphatic rings. The van der Waals surface area contributed by atoms with E-state index in [1.165, 1.54) is 0 Å². The maximum atomic E-state index is 5.77. The summed E-state index contributed by atoms with van der Waals surface area (Å²) in [4.78, 5) is 2.08. The summed E-state index contributed by atoms with van der Waals surface area (Å²) in [5.74, 6) is 0.789. The first-order valence-corrected chi connectivity index (χ1v) is 4.96. The van der Waals surface area contributed by atoms with Gasteiger partial charge < -0.3 is 15.4 Å². The number of nitrogens with two attached hydrogens (primary N) is 1. The van der Waals surface area contributed by atoms with Crippen molar-refractivity contribution in [3.05, 3.63) is 11.3 Å². The molecule has 86 valence electrons. The molecular formula is C10H20N4O. The maximum Gasteiger partial charge on any atom is 0.216 e. The van der Waals surface area contributed by atoms with Crippen molar-refractivity contribution in [2.45, 2.75) is 13.0 Å². The van der Waals surface area contributed by atoms with E-state index in [0.29, 0.717) is 6.54 Å². The molecule has 1 aromatic heterocycles. The number of aryl methyl sites for hydroxylation is 2. The summed E-state index contributed by atoms with van der Waals surface area (Å²) >= 11 is 0. The molecule has 0 aliphatic heterocycles. The monoisotopic (exact) mass is 212 g/mol. The molecule has 5 heteroatoms. The minimum absolute atomic E-state index is 0.147. The van der Waals surface area contributed by atoms with Gasteiger partial charge in [0.2, 0.25) is 5.88 Å². The predicted octanol–water partition coefficient (Wildman–Crippen LogP) is 0.299. The van der Waals surface area contributed by atoms with Crippen LogP contribution >= 0.6 is 0 Å². The van der Waals surface area contributed by atoms with Crippen LogP contribution in [0.2, 0.25) is 0 Å². The summed E-state index contributed by atoms with van der Waals surface area (Å²) in [7, 11) is 7.54. The van der Waals surface area contributed by atoms with Gasteiger partial charge in [0.1, 0.15) is 0 Å². The van der Waals surface area contributed by atoms with Gasteiger partial charge in [-0.25, -0.2) is 4.68 Å². The van der Waals surface area contributed by atoms with Gasteiger partial charge in [0.25, 0.3) is 0 Å². The number of rotatable bonds is 4. The van der Waals surface area contributed by atoms with E-state index in [1.807, 2.05) is 28.1 Å². The molecule has 1 atom stereocenters. The summed E-state index contributed by atoms with van der Waals surface area (Å²) < 4.78 is 7.10. The zero-order chi connectivity index (χ0) is 11.6. The third kappa shape index (κ3) is 2.13. The summed E-state index contributed by atoms with van der Waals surface area (Å²) in [6.07, 6.45) is 0. The van der Waals surface area contributed by atoms with Crippen molar-refractivity contribution >= 4 is 0 Å². The van der Waals surface area contributed by atoms with Crippen molar-refractivity contribution in [3.63, 3.8) is 0 Å². The second-order valence-corrected chi connectivity index (χ2v) is 3.85. The summed E-state index contributed by atoms with van der Waals surface area (Å²) in [5, 5.41) is 4.34. The number of methoxy groups -OCH3 is 1. The van der Waals surface area contributed by atoms with Gasteiger partial charge >= 0.3 is 0 Å². The first-order valence-electron chi connectivity index (χ1n) is 4.96. The van der Waals surface area contributed by atoms with Gasteiger partial charge in [0.15, 0.2) is 0 Å². The lowest BCUT2D eigenvalue weighted by molar-refractivity contribution is 0.290. The Kier molecular flexibility index (Phi) is 3.71. The Morgan fingerprint density at radius 3 is 2.53 bits per heavy atom. The number of hydrogen-bond acceptors (Lipinski definition) is 4. The lowest BCUT2D eigenvalue weighted by atomic mass is 10.1. The van der Waals surface area contributed by atoms with Gasteiger partial charge in [0, 0.05) is 13.6 Å². The van der Waals surface area contributed by atoms with Gasteiger partial charge in [-0.15, -0.1) is 0 Å². The molecule has 0 radical (unpaired) electrons. The fourth-order valence-corrected chi connectivity index (χ4v) is 1.87. The third-order valence-corrected chi connectivity index (χ3v) is 2.59. The Morgan fingerprint density at radius 2 is 2.13 bits per heavy atom. The highest BCUT2D eigenvalue weighted by Gasteiger charge is 2.23. The van der Waals surface area contributed by atoms with Crippen LogP contribution in [0.25, 0.3) is 0 Å². The lowest BCUT2D eigenvalue weighted by Crippen LogP contribution is -2.27. The van der Waals surface area contributed by atoms with Gasteiger partial charge in [0.05, 0.1) is 24.4 Å². The van der Waals surface area contributed by atoms with Crippen LogP contribution in [-0.2, 0) is 7.05 Å². The van der Waals surface area contributed by atoms with Crippen molar-refractivity contribution in [1.82, 2.24) is 14.7 Å². The van der Waals surface area contributed by atoms with Gasteiger partial charge in [-0.3, -0.25) is 0 Å². The van der Waals surface area contributed by atoms with Crippen molar-refractivity contribution < 1.29 is 4.74 Å². The van der Waals surface area contributed by atoms with Crippen molar-refractivity contribution in [3.8, 4) is 5.88 Å². The summed E-state index contributed by atoms with van der Waals surface area (Å²) in [5.41, 5.74) is 7.82. The minimum atomic E-state index is 0.147. The molecule has 0 saturated heterocycles. The number of nitrogens with zero attached hydrogens (tertiary/aromatic N) is 3.